The van der Waals surface area contributed by atoms with Crippen LogP contribution < -0.4 is 10.2 Å². The summed E-state index contributed by atoms with van der Waals surface area (Å²) in [6.07, 6.45) is 1.95. The average Bonchev–Trinajstić information content (AvgIpc) is 2.67. The van der Waals surface area contributed by atoms with Crippen LogP contribution in [0.15, 0.2) is 52.5 Å². The van der Waals surface area contributed by atoms with Gasteiger partial charge in [0.25, 0.3) is 5.91 Å². The minimum absolute atomic E-state index is 0.0569. The molecule has 0 saturated carbocycles. The van der Waals surface area contributed by atoms with Gasteiger partial charge in [-0.3, -0.25) is 9.59 Å². The van der Waals surface area contributed by atoms with E-state index in [1.54, 1.807) is 23.2 Å². The fraction of sp³-hybridized carbons (Fsp3) is 0.278. The lowest BCUT2D eigenvalue weighted by Crippen LogP contribution is -2.37. The molecule has 6 heteroatoms. The van der Waals surface area contributed by atoms with Crippen molar-refractivity contribution in [2.75, 3.05) is 11.4 Å². The summed E-state index contributed by atoms with van der Waals surface area (Å²) < 4.78 is 0. The van der Waals surface area contributed by atoms with Crippen LogP contribution in [0.3, 0.4) is 0 Å². The van der Waals surface area contributed by atoms with E-state index in [-0.39, 0.29) is 24.3 Å². The van der Waals surface area contributed by atoms with E-state index in [0.29, 0.717) is 17.1 Å². The van der Waals surface area contributed by atoms with Crippen LogP contribution in [0.5, 0.6) is 0 Å². The summed E-state index contributed by atoms with van der Waals surface area (Å²) in [6.45, 7) is 4.18. The zero-order chi connectivity index (χ0) is 17.1. The van der Waals surface area contributed by atoms with Gasteiger partial charge in [0.05, 0.1) is 11.3 Å². The van der Waals surface area contributed by atoms with Crippen molar-refractivity contribution >= 4 is 29.3 Å². The summed E-state index contributed by atoms with van der Waals surface area (Å²) in [5.41, 5.74) is 1.39. The van der Waals surface area contributed by atoms with Gasteiger partial charge in [0.15, 0.2) is 0 Å². The SMILES string of the molecule is CC(C)NC(=O)CCN1C(=O)c2cccnc2Sc2ccccc21. The fourth-order valence-electron chi connectivity index (χ4n) is 2.59. The number of benzene rings is 1. The topological polar surface area (TPSA) is 62.3 Å². The van der Waals surface area contributed by atoms with Crippen LogP contribution in [-0.4, -0.2) is 29.4 Å². The van der Waals surface area contributed by atoms with E-state index in [9.17, 15) is 9.59 Å². The van der Waals surface area contributed by atoms with E-state index in [0.717, 1.165) is 10.6 Å². The normalized spacial score (nSPS) is 13.3. The molecule has 124 valence electrons. The van der Waals surface area contributed by atoms with Gasteiger partial charge in [-0.05, 0) is 38.1 Å². The van der Waals surface area contributed by atoms with Crippen molar-refractivity contribution in [2.45, 2.75) is 36.2 Å². The minimum atomic E-state index is -0.118. The molecule has 0 aliphatic carbocycles. The van der Waals surface area contributed by atoms with Crippen molar-refractivity contribution in [3.8, 4) is 0 Å². The van der Waals surface area contributed by atoms with Crippen LogP contribution in [0, 0.1) is 0 Å². The molecular formula is C18H19N3O2S. The molecule has 0 bridgehead atoms. The molecule has 0 unspecified atom stereocenters. The van der Waals surface area contributed by atoms with E-state index >= 15 is 0 Å². The third-order valence-electron chi connectivity index (χ3n) is 3.62. The maximum absolute atomic E-state index is 13.0. The number of nitrogens with one attached hydrogen (secondary N) is 1. The standard InChI is InChI=1S/C18H19N3O2S/c1-12(2)20-16(22)9-11-21-14-7-3-4-8-15(14)24-17-13(18(21)23)6-5-10-19-17/h3-8,10,12H,9,11H2,1-2H3,(H,20,22). The monoisotopic (exact) mass is 341 g/mol. The third-order valence-corrected chi connectivity index (χ3v) is 4.71. The van der Waals surface area contributed by atoms with E-state index in [2.05, 4.69) is 10.3 Å². The summed E-state index contributed by atoms with van der Waals surface area (Å²) in [5.74, 6) is -0.175. The Bertz CT molecular complexity index is 776. The molecule has 0 saturated heterocycles. The molecule has 0 spiro atoms. The molecule has 1 aliphatic rings. The highest BCUT2D eigenvalue weighted by atomic mass is 32.2. The number of hydrogen-bond acceptors (Lipinski definition) is 4. The number of nitrogens with zero attached hydrogens (tertiary/aromatic N) is 2. The number of carbonyl (C=O) groups excluding carboxylic acids is 2. The fourth-order valence-corrected chi connectivity index (χ4v) is 3.61. The Morgan fingerprint density at radius 1 is 1.25 bits per heavy atom. The predicted octanol–water partition coefficient (Wildman–Crippen LogP) is 3.11. The summed E-state index contributed by atoms with van der Waals surface area (Å²) in [7, 11) is 0. The lowest BCUT2D eigenvalue weighted by Gasteiger charge is -2.22. The lowest BCUT2D eigenvalue weighted by atomic mass is 10.2. The average molecular weight is 341 g/mol. The number of amides is 2. The molecule has 24 heavy (non-hydrogen) atoms. The van der Waals surface area contributed by atoms with Gasteiger partial charge in [-0.15, -0.1) is 0 Å². The number of rotatable bonds is 4. The number of fused-ring (bicyclic) bond motifs is 2. The molecule has 5 nitrogen and oxygen atoms in total. The number of anilines is 1. The summed E-state index contributed by atoms with van der Waals surface area (Å²) in [4.78, 5) is 31.9. The number of hydrogen-bond donors (Lipinski definition) is 1. The highest BCUT2D eigenvalue weighted by Crippen LogP contribution is 2.39. The first-order valence-electron chi connectivity index (χ1n) is 7.89. The molecule has 2 aromatic rings. The number of para-hydroxylation sites is 1. The second-order valence-corrected chi connectivity index (χ2v) is 6.89. The molecule has 1 aromatic carbocycles. The molecule has 2 heterocycles. The van der Waals surface area contributed by atoms with Crippen LogP contribution in [0.2, 0.25) is 0 Å². The first kappa shape index (κ1) is 16.5. The maximum Gasteiger partial charge on any atom is 0.261 e. The van der Waals surface area contributed by atoms with Crippen molar-refractivity contribution in [1.29, 1.82) is 0 Å². The smallest absolute Gasteiger partial charge is 0.261 e. The van der Waals surface area contributed by atoms with Gasteiger partial charge >= 0.3 is 0 Å². The first-order valence-corrected chi connectivity index (χ1v) is 8.71. The van der Waals surface area contributed by atoms with Crippen LogP contribution in [0.1, 0.15) is 30.6 Å². The van der Waals surface area contributed by atoms with Gasteiger partial charge in [0, 0.05) is 30.1 Å². The van der Waals surface area contributed by atoms with Crippen LogP contribution in [-0.2, 0) is 4.79 Å². The lowest BCUT2D eigenvalue weighted by molar-refractivity contribution is -0.121. The summed E-state index contributed by atoms with van der Waals surface area (Å²) in [6, 6.07) is 11.3. The number of carbonyl (C=O) groups is 2. The second kappa shape index (κ2) is 7.05. The van der Waals surface area contributed by atoms with Crippen LogP contribution in [0.4, 0.5) is 5.69 Å². The summed E-state index contributed by atoms with van der Waals surface area (Å²) >= 11 is 1.48. The Morgan fingerprint density at radius 2 is 2.04 bits per heavy atom. The molecule has 0 fully saturated rings. The third kappa shape index (κ3) is 3.43. The Hall–Kier alpha value is -2.34. The quantitative estimate of drug-likeness (QED) is 0.928. The van der Waals surface area contributed by atoms with E-state index in [1.165, 1.54) is 11.8 Å². The van der Waals surface area contributed by atoms with Gasteiger partial charge in [0.2, 0.25) is 5.91 Å². The maximum atomic E-state index is 13.0. The molecule has 0 atom stereocenters. The van der Waals surface area contributed by atoms with Gasteiger partial charge in [-0.2, -0.15) is 0 Å². The Morgan fingerprint density at radius 3 is 2.83 bits per heavy atom. The van der Waals surface area contributed by atoms with Gasteiger partial charge in [-0.25, -0.2) is 4.98 Å². The molecule has 3 rings (SSSR count). The first-order chi connectivity index (χ1) is 11.6. The highest BCUT2D eigenvalue weighted by molar-refractivity contribution is 7.99. The van der Waals surface area contributed by atoms with Gasteiger partial charge in [-0.1, -0.05) is 23.9 Å². The van der Waals surface area contributed by atoms with E-state index < -0.39 is 0 Å². The predicted molar refractivity (Wildman–Crippen MR) is 94.4 cm³/mol. The molecule has 1 aromatic heterocycles. The van der Waals surface area contributed by atoms with E-state index in [1.807, 2.05) is 38.1 Å². The van der Waals surface area contributed by atoms with Crippen molar-refractivity contribution in [3.63, 3.8) is 0 Å². The Balaban J connectivity index is 1.92. The molecule has 2 amide bonds. The number of aromatic nitrogens is 1. The molecule has 1 aliphatic heterocycles. The Labute approximate surface area is 145 Å². The largest absolute Gasteiger partial charge is 0.354 e. The van der Waals surface area contributed by atoms with Crippen LogP contribution >= 0.6 is 11.8 Å². The minimum Gasteiger partial charge on any atom is -0.354 e. The van der Waals surface area contributed by atoms with Crippen molar-refractivity contribution in [2.24, 2.45) is 0 Å². The zero-order valence-electron chi connectivity index (χ0n) is 13.7. The van der Waals surface area contributed by atoms with Gasteiger partial charge < -0.3 is 10.2 Å². The molecule has 0 radical (unpaired) electrons. The molecular weight excluding hydrogens is 322 g/mol. The van der Waals surface area contributed by atoms with Crippen LogP contribution in [0.25, 0.3) is 0 Å². The summed E-state index contributed by atoms with van der Waals surface area (Å²) in [5, 5.41) is 3.56. The highest BCUT2D eigenvalue weighted by Gasteiger charge is 2.28. The zero-order valence-corrected chi connectivity index (χ0v) is 14.5. The van der Waals surface area contributed by atoms with Crippen molar-refractivity contribution in [1.82, 2.24) is 10.3 Å². The second-order valence-electron chi connectivity index (χ2n) is 5.85. The van der Waals surface area contributed by atoms with Gasteiger partial charge in [0.1, 0.15) is 5.03 Å². The molecule has 1 N–H and O–H groups in total. The van der Waals surface area contributed by atoms with Crippen molar-refractivity contribution < 1.29 is 9.59 Å². The van der Waals surface area contributed by atoms with Crippen molar-refractivity contribution in [3.05, 3.63) is 48.2 Å². The van der Waals surface area contributed by atoms with E-state index in [4.69, 9.17) is 0 Å². The Kier molecular flexibility index (Phi) is 4.85. The number of pyridine rings is 1.